The van der Waals surface area contributed by atoms with Gasteiger partial charge in [-0.05, 0) is 54.3 Å². The van der Waals surface area contributed by atoms with Crippen molar-refractivity contribution >= 4 is 22.6 Å². The maximum atomic E-state index is 13.2. The van der Waals surface area contributed by atoms with Gasteiger partial charge in [-0.1, -0.05) is 39.8 Å². The van der Waals surface area contributed by atoms with Gasteiger partial charge >= 0.3 is 18.3 Å². The largest absolute Gasteiger partial charge is 0.481 e. The van der Waals surface area contributed by atoms with Crippen molar-refractivity contribution in [2.75, 3.05) is 4.31 Å². The molecule has 1 heterocycles. The smallest absolute Gasteiger partial charge is 0.404 e. The van der Waals surface area contributed by atoms with E-state index >= 15 is 0 Å². The lowest BCUT2D eigenvalue weighted by Gasteiger charge is -2.37. The number of fused-ring (bicyclic) bond motifs is 1. The number of aryl methyl sites for hydroxylation is 1. The molecule has 0 fully saturated rings. The van der Waals surface area contributed by atoms with E-state index in [-0.39, 0.29) is 29.0 Å². The van der Waals surface area contributed by atoms with Crippen LogP contribution in [0.3, 0.4) is 0 Å². The van der Waals surface area contributed by atoms with Crippen molar-refractivity contribution in [1.29, 1.82) is 0 Å². The van der Waals surface area contributed by atoms with Gasteiger partial charge in [0.25, 0.3) is 0 Å². The Labute approximate surface area is 207 Å². The van der Waals surface area contributed by atoms with E-state index < -0.39 is 59.1 Å². The van der Waals surface area contributed by atoms with Crippen LogP contribution < -0.4 is 4.31 Å². The highest BCUT2D eigenvalue weighted by molar-refractivity contribution is 7.86. The predicted molar refractivity (Wildman–Crippen MR) is 124 cm³/mol. The average molecular weight is 544 g/mol. The number of carboxylic acids is 1. The minimum absolute atomic E-state index is 0.000667. The summed E-state index contributed by atoms with van der Waals surface area (Å²) in [6.07, 6.45) is -11.5. The molecular weight excluding hydrogens is 515 g/mol. The Hall–Kier alpha value is -2.63. The Morgan fingerprint density at radius 3 is 2.00 bits per heavy atom. The highest BCUT2D eigenvalue weighted by Crippen LogP contribution is 2.47. The van der Waals surface area contributed by atoms with E-state index in [4.69, 9.17) is 0 Å². The lowest BCUT2D eigenvalue weighted by molar-refractivity contribution is -0.253. The van der Waals surface area contributed by atoms with Gasteiger partial charge in [-0.2, -0.15) is 26.3 Å². The molecule has 1 aliphatic heterocycles. The van der Waals surface area contributed by atoms with Crippen LogP contribution in [0.1, 0.15) is 57.6 Å². The van der Waals surface area contributed by atoms with Gasteiger partial charge in [0.2, 0.25) is 0 Å². The molecule has 3 rings (SSSR count). The molecule has 0 aromatic heterocycles. The summed E-state index contributed by atoms with van der Waals surface area (Å²) in [5, 5.41) is 9.19. The molecule has 4 nitrogen and oxygen atoms in total. The van der Waals surface area contributed by atoms with E-state index in [0.717, 1.165) is 28.6 Å². The number of alkyl halides is 6. The first-order valence-electron chi connectivity index (χ1n) is 11.2. The molecule has 2 unspecified atom stereocenters. The minimum atomic E-state index is -5.57. The second kappa shape index (κ2) is 13.1. The monoisotopic (exact) mass is 543 g/mol. The van der Waals surface area contributed by atoms with E-state index in [2.05, 4.69) is 0 Å². The molecule has 0 radical (unpaired) electrons. The molecular formula is C24H28F7NO3S. The predicted octanol–water partition coefficient (Wildman–Crippen LogP) is 7.41. The van der Waals surface area contributed by atoms with Crippen LogP contribution in [0.25, 0.3) is 0 Å². The third-order valence-corrected chi connectivity index (χ3v) is 6.54. The highest BCUT2D eigenvalue weighted by atomic mass is 32.2. The van der Waals surface area contributed by atoms with Crippen LogP contribution in [0.4, 0.5) is 36.4 Å². The van der Waals surface area contributed by atoms with Crippen molar-refractivity contribution in [3.05, 3.63) is 59.4 Å². The quantitative estimate of drug-likeness (QED) is 0.400. The van der Waals surface area contributed by atoms with Gasteiger partial charge in [-0.3, -0.25) is 9.10 Å². The molecule has 1 N–H and O–H groups in total. The van der Waals surface area contributed by atoms with Crippen LogP contribution >= 0.6 is 0 Å². The summed E-state index contributed by atoms with van der Waals surface area (Å²) in [6.45, 7) is 8.00. The van der Waals surface area contributed by atoms with Crippen molar-refractivity contribution in [1.82, 2.24) is 0 Å². The fraction of sp³-hybridized carbons (Fsp3) is 0.458. The third kappa shape index (κ3) is 7.68. The van der Waals surface area contributed by atoms with E-state index in [1.165, 1.54) is 12.1 Å². The summed E-state index contributed by atoms with van der Waals surface area (Å²) in [4.78, 5) is 11.4. The molecule has 36 heavy (non-hydrogen) atoms. The summed E-state index contributed by atoms with van der Waals surface area (Å²) < 4.78 is 106. The Morgan fingerprint density at radius 2 is 1.53 bits per heavy atom. The number of halogens is 7. The number of hydrogen-bond donors (Lipinski definition) is 1. The highest BCUT2D eigenvalue weighted by Gasteiger charge is 2.57. The van der Waals surface area contributed by atoms with Crippen molar-refractivity contribution in [2.45, 2.75) is 76.2 Å². The first-order valence-corrected chi connectivity index (χ1v) is 12.3. The Kier molecular flexibility index (Phi) is 11.4. The summed E-state index contributed by atoms with van der Waals surface area (Å²) in [6, 6.07) is 6.05. The van der Waals surface area contributed by atoms with Gasteiger partial charge in [0, 0.05) is 0 Å². The van der Waals surface area contributed by atoms with E-state index in [0.29, 0.717) is 6.07 Å². The number of nitrogens with zero attached hydrogens (tertiary/aromatic N) is 1. The maximum absolute atomic E-state index is 13.2. The second-order valence-corrected chi connectivity index (χ2v) is 8.59. The summed E-state index contributed by atoms with van der Waals surface area (Å²) >= 11 is 0. The van der Waals surface area contributed by atoms with Crippen molar-refractivity contribution < 1.29 is 44.8 Å². The molecule has 0 saturated heterocycles. The summed E-state index contributed by atoms with van der Waals surface area (Å²) in [7, 11) is -2.08. The number of hydrogen-bond acceptors (Lipinski definition) is 2. The van der Waals surface area contributed by atoms with Crippen LogP contribution in [-0.4, -0.2) is 33.7 Å². The van der Waals surface area contributed by atoms with Gasteiger partial charge in [-0.25, -0.2) is 8.60 Å². The Balaban J connectivity index is 0.00000154. The standard InChI is InChI=1S/C20H16F7NO3S.2C2H6/c21-13-3-6-15(7-4-13)32(31)28-14(10-17(29)30)5-1-11-9-12(2-8-16(11)28)18(19(22,23)24)20(25,26)27;2*1-2/h2-4,6-9,14,18H,1,5,10H2,(H,29,30);2*1-2H3. The zero-order valence-corrected chi connectivity index (χ0v) is 20.9. The molecule has 0 bridgehead atoms. The molecule has 0 saturated carbocycles. The molecule has 202 valence electrons. The number of aliphatic carboxylic acids is 1. The Morgan fingerprint density at radius 1 is 1.00 bits per heavy atom. The zero-order chi connectivity index (χ0) is 27.8. The van der Waals surface area contributed by atoms with E-state index in [1.54, 1.807) is 0 Å². The molecule has 1 aliphatic rings. The van der Waals surface area contributed by atoms with E-state index in [1.807, 2.05) is 27.7 Å². The number of rotatable bonds is 5. The van der Waals surface area contributed by atoms with Crippen LogP contribution in [0.5, 0.6) is 0 Å². The fourth-order valence-corrected chi connectivity index (χ4v) is 5.08. The number of carbonyl (C=O) groups is 1. The van der Waals surface area contributed by atoms with Crippen LogP contribution in [0.15, 0.2) is 47.4 Å². The van der Waals surface area contributed by atoms with E-state index in [9.17, 15) is 44.8 Å². The van der Waals surface area contributed by atoms with Gasteiger partial charge in [-0.15, -0.1) is 0 Å². The zero-order valence-electron chi connectivity index (χ0n) is 20.1. The summed E-state index contributed by atoms with van der Waals surface area (Å²) in [5.41, 5.74) is -0.858. The van der Waals surface area contributed by atoms with Crippen LogP contribution in [-0.2, 0) is 22.2 Å². The number of anilines is 1. The molecule has 0 amide bonds. The van der Waals surface area contributed by atoms with Gasteiger partial charge in [0.1, 0.15) is 5.82 Å². The number of carboxylic acid groups (broad SMARTS) is 1. The molecule has 2 atom stereocenters. The lowest BCUT2D eigenvalue weighted by atomic mass is 9.90. The lowest BCUT2D eigenvalue weighted by Crippen LogP contribution is -2.42. The first kappa shape index (κ1) is 31.4. The van der Waals surface area contributed by atoms with Gasteiger partial charge in [0.15, 0.2) is 16.9 Å². The number of benzene rings is 2. The molecule has 0 aliphatic carbocycles. The van der Waals surface area contributed by atoms with Crippen molar-refractivity contribution in [2.24, 2.45) is 0 Å². The molecule has 2 aromatic carbocycles. The van der Waals surface area contributed by atoms with Crippen LogP contribution in [0.2, 0.25) is 0 Å². The average Bonchev–Trinajstić information content (AvgIpc) is 2.79. The topological polar surface area (TPSA) is 57.6 Å². The SMILES string of the molecule is CC.CC.O=C(O)CC1CCc2cc(C(C(F)(F)F)C(F)(F)F)ccc2N1S(=O)c1ccc(F)cc1. The Bertz CT molecular complexity index is 1010. The molecule has 2 aromatic rings. The maximum Gasteiger partial charge on any atom is 0.404 e. The molecule has 12 heteroatoms. The first-order chi connectivity index (χ1) is 16.8. The third-order valence-electron chi connectivity index (χ3n) is 5.01. The van der Waals surface area contributed by atoms with Crippen molar-refractivity contribution in [3.8, 4) is 0 Å². The normalized spacial score (nSPS) is 16.2. The molecule has 0 spiro atoms. The summed E-state index contributed by atoms with van der Waals surface area (Å²) in [5.74, 6) is -5.51. The van der Waals surface area contributed by atoms with Gasteiger partial charge < -0.3 is 5.11 Å². The second-order valence-electron chi connectivity index (χ2n) is 7.22. The van der Waals surface area contributed by atoms with Crippen LogP contribution in [0, 0.1) is 5.82 Å². The van der Waals surface area contributed by atoms with Crippen molar-refractivity contribution in [3.63, 3.8) is 0 Å². The fourth-order valence-electron chi connectivity index (χ4n) is 3.68. The van der Waals surface area contributed by atoms with Gasteiger partial charge in [0.05, 0.1) is 23.0 Å². The minimum Gasteiger partial charge on any atom is -0.481 e.